The molecule has 1 aromatic rings. The van der Waals surface area contributed by atoms with Crippen LogP contribution in [0.1, 0.15) is 26.5 Å². The molecule has 0 bridgehead atoms. The molecule has 1 heterocycles. The lowest BCUT2D eigenvalue weighted by Gasteiger charge is -2.27. The van der Waals surface area contributed by atoms with Crippen molar-refractivity contribution >= 4 is 6.09 Å². The van der Waals surface area contributed by atoms with Gasteiger partial charge in [0, 0.05) is 26.7 Å². The maximum atomic E-state index is 12.1. The molecule has 1 N–H and O–H groups in total. The molecule has 0 saturated carbocycles. The standard InChI is InChI=1S/C14H25N3O4/c1-14(2,3)21-13(18)17(7-8-19-4)6-5-15-9-12-10-16-11-20-12/h10-11,15H,5-9H2,1-4H3. The van der Waals surface area contributed by atoms with E-state index in [1.165, 1.54) is 6.39 Å². The van der Waals surface area contributed by atoms with Gasteiger partial charge in [0.25, 0.3) is 0 Å². The Hall–Kier alpha value is -1.60. The van der Waals surface area contributed by atoms with E-state index in [0.717, 1.165) is 5.76 Å². The second-order valence-corrected chi connectivity index (χ2v) is 5.60. The zero-order valence-electron chi connectivity index (χ0n) is 13.2. The van der Waals surface area contributed by atoms with E-state index in [9.17, 15) is 4.79 Å². The van der Waals surface area contributed by atoms with Crippen LogP contribution in [0.15, 0.2) is 17.0 Å². The molecule has 1 amide bonds. The number of rotatable bonds is 8. The third kappa shape index (κ3) is 7.67. The van der Waals surface area contributed by atoms with Crippen LogP contribution in [-0.4, -0.2) is 54.9 Å². The van der Waals surface area contributed by atoms with Crippen LogP contribution < -0.4 is 5.32 Å². The molecular formula is C14H25N3O4. The van der Waals surface area contributed by atoms with Crippen molar-refractivity contribution in [2.45, 2.75) is 32.9 Å². The molecule has 21 heavy (non-hydrogen) atoms. The van der Waals surface area contributed by atoms with Crippen molar-refractivity contribution in [1.29, 1.82) is 0 Å². The number of ether oxygens (including phenoxy) is 2. The highest BCUT2D eigenvalue weighted by Crippen LogP contribution is 2.09. The molecular weight excluding hydrogens is 274 g/mol. The van der Waals surface area contributed by atoms with Crippen LogP contribution in [0.3, 0.4) is 0 Å². The van der Waals surface area contributed by atoms with Crippen LogP contribution in [-0.2, 0) is 16.0 Å². The lowest BCUT2D eigenvalue weighted by atomic mass is 10.2. The van der Waals surface area contributed by atoms with Crippen molar-refractivity contribution in [3.63, 3.8) is 0 Å². The molecule has 0 atom stereocenters. The normalized spacial score (nSPS) is 11.4. The molecule has 0 aliphatic rings. The summed E-state index contributed by atoms with van der Waals surface area (Å²) in [5, 5.41) is 3.19. The zero-order chi connectivity index (χ0) is 15.7. The van der Waals surface area contributed by atoms with Crippen LogP contribution in [0.2, 0.25) is 0 Å². The van der Waals surface area contributed by atoms with Gasteiger partial charge in [-0.3, -0.25) is 0 Å². The SMILES string of the molecule is COCCN(CCNCc1cnco1)C(=O)OC(C)(C)C. The van der Waals surface area contributed by atoms with Crippen molar-refractivity contribution in [2.24, 2.45) is 0 Å². The van der Waals surface area contributed by atoms with E-state index < -0.39 is 5.60 Å². The number of hydrogen-bond acceptors (Lipinski definition) is 6. The van der Waals surface area contributed by atoms with Gasteiger partial charge >= 0.3 is 6.09 Å². The first-order chi connectivity index (χ1) is 9.92. The fraction of sp³-hybridized carbons (Fsp3) is 0.714. The number of carbonyl (C=O) groups excluding carboxylic acids is 1. The number of carbonyl (C=O) groups is 1. The molecule has 1 aromatic heterocycles. The van der Waals surface area contributed by atoms with Crippen LogP contribution in [0.5, 0.6) is 0 Å². The maximum Gasteiger partial charge on any atom is 0.410 e. The van der Waals surface area contributed by atoms with Gasteiger partial charge in [0.15, 0.2) is 6.39 Å². The van der Waals surface area contributed by atoms with Crippen molar-refractivity contribution in [2.75, 3.05) is 33.4 Å². The minimum atomic E-state index is -0.504. The Balaban J connectivity index is 2.36. The van der Waals surface area contributed by atoms with Crippen LogP contribution >= 0.6 is 0 Å². The first-order valence-corrected chi connectivity index (χ1v) is 6.97. The van der Waals surface area contributed by atoms with E-state index >= 15 is 0 Å². The molecule has 1 rings (SSSR count). The highest BCUT2D eigenvalue weighted by Gasteiger charge is 2.21. The van der Waals surface area contributed by atoms with Gasteiger partial charge in [-0.2, -0.15) is 0 Å². The predicted molar refractivity (Wildman–Crippen MR) is 77.9 cm³/mol. The summed E-state index contributed by atoms with van der Waals surface area (Å²) < 4.78 is 15.5. The minimum Gasteiger partial charge on any atom is -0.447 e. The quantitative estimate of drug-likeness (QED) is 0.735. The zero-order valence-corrected chi connectivity index (χ0v) is 13.2. The highest BCUT2D eigenvalue weighted by atomic mass is 16.6. The Morgan fingerprint density at radius 2 is 2.19 bits per heavy atom. The number of aromatic nitrogens is 1. The van der Waals surface area contributed by atoms with E-state index in [-0.39, 0.29) is 6.09 Å². The molecule has 0 spiro atoms. The molecule has 7 heteroatoms. The van der Waals surface area contributed by atoms with Gasteiger partial charge in [-0.15, -0.1) is 0 Å². The van der Waals surface area contributed by atoms with E-state index in [1.54, 1.807) is 18.2 Å². The molecule has 0 aliphatic heterocycles. The Morgan fingerprint density at radius 3 is 2.76 bits per heavy atom. The molecule has 0 unspecified atom stereocenters. The summed E-state index contributed by atoms with van der Waals surface area (Å²) in [6.45, 7) is 8.25. The molecule has 0 aliphatic carbocycles. The predicted octanol–water partition coefficient (Wildman–Crippen LogP) is 1.65. The number of nitrogens with one attached hydrogen (secondary N) is 1. The lowest BCUT2D eigenvalue weighted by molar-refractivity contribution is 0.0204. The van der Waals surface area contributed by atoms with E-state index in [1.807, 2.05) is 20.8 Å². The first kappa shape index (κ1) is 17.5. The van der Waals surface area contributed by atoms with Gasteiger partial charge in [-0.05, 0) is 20.8 Å². The van der Waals surface area contributed by atoms with Gasteiger partial charge in [-0.1, -0.05) is 0 Å². The summed E-state index contributed by atoms with van der Waals surface area (Å²) in [6, 6.07) is 0. The van der Waals surface area contributed by atoms with Crippen LogP contribution in [0.25, 0.3) is 0 Å². The molecule has 0 fully saturated rings. The number of nitrogens with zero attached hydrogens (tertiary/aromatic N) is 2. The average molecular weight is 299 g/mol. The Morgan fingerprint density at radius 1 is 1.43 bits per heavy atom. The Kier molecular flexibility index (Phi) is 7.18. The molecule has 7 nitrogen and oxygen atoms in total. The number of methoxy groups -OCH3 is 1. The lowest BCUT2D eigenvalue weighted by Crippen LogP contribution is -2.42. The summed E-state index contributed by atoms with van der Waals surface area (Å²) in [4.78, 5) is 17.5. The third-order valence-electron chi connectivity index (χ3n) is 2.56. The van der Waals surface area contributed by atoms with Crippen LogP contribution in [0, 0.1) is 0 Å². The number of oxazole rings is 1. The average Bonchev–Trinajstić information content (AvgIpc) is 2.88. The van der Waals surface area contributed by atoms with Gasteiger partial charge in [0.2, 0.25) is 0 Å². The summed E-state index contributed by atoms with van der Waals surface area (Å²) >= 11 is 0. The van der Waals surface area contributed by atoms with Crippen molar-refractivity contribution in [3.05, 3.63) is 18.4 Å². The van der Waals surface area contributed by atoms with Gasteiger partial charge in [0.1, 0.15) is 11.4 Å². The Labute approximate surface area is 125 Å². The topological polar surface area (TPSA) is 76.8 Å². The summed E-state index contributed by atoms with van der Waals surface area (Å²) in [5.41, 5.74) is -0.504. The number of hydrogen-bond donors (Lipinski definition) is 1. The van der Waals surface area contributed by atoms with Gasteiger partial charge in [0.05, 0.1) is 19.3 Å². The largest absolute Gasteiger partial charge is 0.447 e. The summed E-state index contributed by atoms with van der Waals surface area (Å²) in [7, 11) is 1.61. The first-order valence-electron chi connectivity index (χ1n) is 6.97. The monoisotopic (exact) mass is 299 g/mol. The smallest absolute Gasteiger partial charge is 0.410 e. The van der Waals surface area contributed by atoms with Crippen molar-refractivity contribution in [3.8, 4) is 0 Å². The van der Waals surface area contributed by atoms with Crippen molar-refractivity contribution in [1.82, 2.24) is 15.2 Å². The van der Waals surface area contributed by atoms with E-state index in [4.69, 9.17) is 13.9 Å². The van der Waals surface area contributed by atoms with Gasteiger partial charge in [-0.25, -0.2) is 9.78 Å². The van der Waals surface area contributed by atoms with Crippen molar-refractivity contribution < 1.29 is 18.7 Å². The second kappa shape index (κ2) is 8.63. The molecule has 0 aromatic carbocycles. The molecule has 120 valence electrons. The second-order valence-electron chi connectivity index (χ2n) is 5.60. The highest BCUT2D eigenvalue weighted by molar-refractivity contribution is 5.68. The maximum absolute atomic E-state index is 12.1. The summed E-state index contributed by atoms with van der Waals surface area (Å²) in [6.07, 6.45) is 2.72. The molecule has 0 radical (unpaired) electrons. The number of amides is 1. The fourth-order valence-corrected chi connectivity index (χ4v) is 1.58. The van der Waals surface area contributed by atoms with Crippen LogP contribution in [0.4, 0.5) is 4.79 Å². The Bertz CT molecular complexity index is 401. The third-order valence-corrected chi connectivity index (χ3v) is 2.56. The fourth-order valence-electron chi connectivity index (χ4n) is 1.58. The minimum absolute atomic E-state index is 0.332. The van der Waals surface area contributed by atoms with Gasteiger partial charge < -0.3 is 24.1 Å². The van der Waals surface area contributed by atoms with E-state index in [0.29, 0.717) is 32.8 Å². The molecule has 0 saturated heterocycles. The summed E-state index contributed by atoms with van der Waals surface area (Å²) in [5.74, 6) is 0.760. The van der Waals surface area contributed by atoms with E-state index in [2.05, 4.69) is 10.3 Å².